The van der Waals surface area contributed by atoms with Crippen LogP contribution in [-0.4, -0.2) is 54.3 Å². The maximum atomic E-state index is 12.7. The highest BCUT2D eigenvalue weighted by molar-refractivity contribution is 5.79. The summed E-state index contributed by atoms with van der Waals surface area (Å²) in [6.07, 6.45) is 5.70. The van der Waals surface area contributed by atoms with E-state index >= 15 is 0 Å². The standard InChI is InChI=1S/C23H28N2O4/c1-27-19-7-5-18(6-8-19)16-22(26)25-13-10-23(11-14-25)17-20(9-15-28-23)29-21-4-2-3-12-24-21/h2-8,12,20H,9-11,13-17H2,1H3. The quantitative estimate of drug-likeness (QED) is 0.776. The monoisotopic (exact) mass is 396 g/mol. The molecule has 0 bridgehead atoms. The molecule has 2 fully saturated rings. The van der Waals surface area contributed by atoms with Gasteiger partial charge in [-0.25, -0.2) is 4.98 Å². The van der Waals surface area contributed by atoms with Crippen molar-refractivity contribution in [2.24, 2.45) is 0 Å². The maximum Gasteiger partial charge on any atom is 0.226 e. The van der Waals surface area contributed by atoms with Gasteiger partial charge in [-0.15, -0.1) is 0 Å². The average molecular weight is 396 g/mol. The second kappa shape index (κ2) is 8.82. The number of carbonyl (C=O) groups is 1. The topological polar surface area (TPSA) is 60.9 Å². The van der Waals surface area contributed by atoms with E-state index in [9.17, 15) is 4.79 Å². The molecule has 1 spiro atoms. The van der Waals surface area contributed by atoms with Gasteiger partial charge in [-0.1, -0.05) is 18.2 Å². The van der Waals surface area contributed by atoms with Crippen molar-refractivity contribution in [1.82, 2.24) is 9.88 Å². The molecule has 1 atom stereocenters. The van der Waals surface area contributed by atoms with Gasteiger partial charge < -0.3 is 19.1 Å². The minimum absolute atomic E-state index is 0.111. The summed E-state index contributed by atoms with van der Waals surface area (Å²) in [7, 11) is 1.64. The molecule has 6 heteroatoms. The lowest BCUT2D eigenvalue weighted by Crippen LogP contribution is -2.52. The Balaban J connectivity index is 1.30. The highest BCUT2D eigenvalue weighted by atomic mass is 16.5. The molecular weight excluding hydrogens is 368 g/mol. The first-order valence-corrected chi connectivity index (χ1v) is 10.3. The second-order valence-electron chi connectivity index (χ2n) is 7.84. The average Bonchev–Trinajstić information content (AvgIpc) is 2.75. The van der Waals surface area contributed by atoms with Gasteiger partial charge >= 0.3 is 0 Å². The number of carbonyl (C=O) groups excluding carboxylic acids is 1. The van der Waals surface area contributed by atoms with E-state index in [4.69, 9.17) is 14.2 Å². The van der Waals surface area contributed by atoms with E-state index in [1.165, 1.54) is 0 Å². The molecule has 1 amide bonds. The Morgan fingerprint density at radius 3 is 2.69 bits per heavy atom. The van der Waals surface area contributed by atoms with Crippen LogP contribution in [0, 0.1) is 0 Å². The number of ether oxygens (including phenoxy) is 3. The Kier molecular flexibility index (Phi) is 6.00. The van der Waals surface area contributed by atoms with Crippen molar-refractivity contribution in [3.63, 3.8) is 0 Å². The smallest absolute Gasteiger partial charge is 0.226 e. The third-order valence-corrected chi connectivity index (χ3v) is 5.91. The van der Waals surface area contributed by atoms with Gasteiger partial charge in [-0.05, 0) is 36.6 Å². The van der Waals surface area contributed by atoms with Gasteiger partial charge in [0, 0.05) is 38.2 Å². The molecule has 1 aromatic carbocycles. The van der Waals surface area contributed by atoms with Gasteiger partial charge in [0.25, 0.3) is 0 Å². The van der Waals surface area contributed by atoms with Gasteiger partial charge in [0.15, 0.2) is 0 Å². The Morgan fingerprint density at radius 1 is 1.21 bits per heavy atom. The zero-order valence-corrected chi connectivity index (χ0v) is 16.9. The van der Waals surface area contributed by atoms with Crippen LogP contribution in [0.25, 0.3) is 0 Å². The minimum Gasteiger partial charge on any atom is -0.497 e. The van der Waals surface area contributed by atoms with Crippen LogP contribution in [0.5, 0.6) is 11.6 Å². The van der Waals surface area contributed by atoms with Gasteiger partial charge in [-0.2, -0.15) is 0 Å². The summed E-state index contributed by atoms with van der Waals surface area (Å²) >= 11 is 0. The van der Waals surface area contributed by atoms with Crippen LogP contribution in [0.3, 0.4) is 0 Å². The molecule has 6 nitrogen and oxygen atoms in total. The molecule has 3 heterocycles. The van der Waals surface area contributed by atoms with Crippen molar-refractivity contribution >= 4 is 5.91 Å². The highest BCUT2D eigenvalue weighted by Gasteiger charge is 2.42. The Morgan fingerprint density at radius 2 is 2.00 bits per heavy atom. The number of likely N-dealkylation sites (tertiary alicyclic amines) is 1. The lowest BCUT2D eigenvalue weighted by atomic mass is 9.83. The fourth-order valence-electron chi connectivity index (χ4n) is 4.21. The summed E-state index contributed by atoms with van der Waals surface area (Å²) in [4.78, 5) is 18.9. The fraction of sp³-hybridized carbons (Fsp3) is 0.478. The number of pyridine rings is 1. The molecule has 4 rings (SSSR count). The van der Waals surface area contributed by atoms with Crippen molar-refractivity contribution in [2.45, 2.75) is 43.8 Å². The third-order valence-electron chi connectivity index (χ3n) is 5.91. The number of nitrogens with zero attached hydrogens (tertiary/aromatic N) is 2. The van der Waals surface area contributed by atoms with Gasteiger partial charge in [0.1, 0.15) is 11.9 Å². The SMILES string of the molecule is COc1ccc(CC(=O)N2CCC3(CC2)CC(Oc2ccccn2)CCO3)cc1. The van der Waals surface area contributed by atoms with Crippen LogP contribution >= 0.6 is 0 Å². The van der Waals surface area contributed by atoms with E-state index in [-0.39, 0.29) is 17.6 Å². The van der Waals surface area contributed by atoms with Crippen molar-refractivity contribution in [3.05, 3.63) is 54.2 Å². The molecule has 154 valence electrons. The Bertz CT molecular complexity index is 801. The van der Waals surface area contributed by atoms with Crippen LogP contribution in [0.4, 0.5) is 0 Å². The Hall–Kier alpha value is -2.60. The molecule has 2 aliphatic rings. The number of rotatable bonds is 5. The third kappa shape index (κ3) is 4.88. The molecule has 0 aliphatic carbocycles. The zero-order chi connectivity index (χ0) is 20.1. The summed E-state index contributed by atoms with van der Waals surface area (Å²) in [5, 5.41) is 0. The van der Waals surface area contributed by atoms with Crippen molar-refractivity contribution in [3.8, 4) is 11.6 Å². The fourth-order valence-corrected chi connectivity index (χ4v) is 4.21. The largest absolute Gasteiger partial charge is 0.497 e. The molecule has 0 saturated carbocycles. The number of piperidine rings is 1. The molecular formula is C23H28N2O4. The summed E-state index contributed by atoms with van der Waals surface area (Å²) in [5.41, 5.74) is 0.822. The molecule has 2 aromatic rings. The van der Waals surface area contributed by atoms with E-state index in [0.717, 1.165) is 50.1 Å². The van der Waals surface area contributed by atoms with Crippen molar-refractivity contribution in [2.75, 3.05) is 26.8 Å². The summed E-state index contributed by atoms with van der Waals surface area (Å²) in [5.74, 6) is 1.64. The first-order chi connectivity index (χ1) is 14.2. The molecule has 0 radical (unpaired) electrons. The van der Waals surface area contributed by atoms with Gasteiger partial charge in [0.2, 0.25) is 11.8 Å². The lowest BCUT2D eigenvalue weighted by Gasteiger charge is -2.46. The van der Waals surface area contributed by atoms with Crippen LogP contribution in [0.2, 0.25) is 0 Å². The normalized spacial score (nSPS) is 21.0. The molecule has 1 aromatic heterocycles. The highest BCUT2D eigenvalue weighted by Crippen LogP contribution is 2.36. The minimum atomic E-state index is -0.186. The number of benzene rings is 1. The molecule has 2 saturated heterocycles. The van der Waals surface area contributed by atoms with Crippen LogP contribution in [0.15, 0.2) is 48.7 Å². The predicted molar refractivity (Wildman–Crippen MR) is 109 cm³/mol. The van der Waals surface area contributed by atoms with E-state index < -0.39 is 0 Å². The number of methoxy groups -OCH3 is 1. The van der Waals surface area contributed by atoms with Crippen LogP contribution < -0.4 is 9.47 Å². The maximum absolute atomic E-state index is 12.7. The summed E-state index contributed by atoms with van der Waals surface area (Å²) < 4.78 is 17.4. The van der Waals surface area contributed by atoms with E-state index in [1.807, 2.05) is 47.4 Å². The van der Waals surface area contributed by atoms with Gasteiger partial charge in [-0.3, -0.25) is 4.79 Å². The lowest BCUT2D eigenvalue weighted by molar-refractivity contribution is -0.151. The van der Waals surface area contributed by atoms with Crippen LogP contribution in [0.1, 0.15) is 31.2 Å². The summed E-state index contributed by atoms with van der Waals surface area (Å²) in [6.45, 7) is 2.15. The second-order valence-corrected chi connectivity index (χ2v) is 7.84. The number of amides is 1. The van der Waals surface area contributed by atoms with Crippen molar-refractivity contribution < 1.29 is 19.0 Å². The van der Waals surface area contributed by atoms with E-state index in [0.29, 0.717) is 18.9 Å². The van der Waals surface area contributed by atoms with Gasteiger partial charge in [0.05, 0.1) is 25.7 Å². The molecule has 0 N–H and O–H groups in total. The van der Waals surface area contributed by atoms with Crippen molar-refractivity contribution in [1.29, 1.82) is 0 Å². The molecule has 2 aliphatic heterocycles. The predicted octanol–water partition coefficient (Wildman–Crippen LogP) is 3.25. The Labute approximate surface area is 171 Å². The van der Waals surface area contributed by atoms with E-state index in [1.54, 1.807) is 13.3 Å². The number of aromatic nitrogens is 1. The first kappa shape index (κ1) is 19.7. The van der Waals surface area contributed by atoms with E-state index in [2.05, 4.69) is 4.98 Å². The number of hydrogen-bond donors (Lipinski definition) is 0. The van der Waals surface area contributed by atoms with Crippen LogP contribution in [-0.2, 0) is 16.0 Å². The summed E-state index contributed by atoms with van der Waals surface area (Å²) in [6, 6.07) is 13.4. The zero-order valence-electron chi connectivity index (χ0n) is 16.9. The first-order valence-electron chi connectivity index (χ1n) is 10.3. The molecule has 1 unspecified atom stereocenters. The molecule has 29 heavy (non-hydrogen) atoms. The number of hydrogen-bond acceptors (Lipinski definition) is 5.